The standard InChI is InChI=1S/C14H15N3O2/c15-6-1-2-7-18-13-5-3-4-12(8-13)17-10-14-9-16-11-19-14/h3-5,8-9,11,17H,1-2,7,10H2. The molecule has 2 rings (SSSR count). The molecule has 1 heterocycles. The van der Waals surface area contributed by atoms with E-state index < -0.39 is 0 Å². The van der Waals surface area contributed by atoms with Crippen LogP contribution in [-0.2, 0) is 6.54 Å². The molecule has 0 atom stereocenters. The Balaban J connectivity index is 1.83. The van der Waals surface area contributed by atoms with E-state index in [2.05, 4.69) is 16.4 Å². The fourth-order valence-electron chi connectivity index (χ4n) is 1.56. The molecule has 1 aromatic heterocycles. The van der Waals surface area contributed by atoms with Crippen molar-refractivity contribution in [2.75, 3.05) is 11.9 Å². The second-order valence-corrected chi connectivity index (χ2v) is 3.96. The second kappa shape index (κ2) is 7.07. The highest BCUT2D eigenvalue weighted by atomic mass is 16.5. The van der Waals surface area contributed by atoms with Crippen LogP contribution in [0.15, 0.2) is 41.3 Å². The van der Waals surface area contributed by atoms with E-state index in [1.807, 2.05) is 24.3 Å². The van der Waals surface area contributed by atoms with Crippen LogP contribution in [0.5, 0.6) is 5.75 Å². The van der Waals surface area contributed by atoms with Gasteiger partial charge in [-0.1, -0.05) is 6.07 Å². The largest absolute Gasteiger partial charge is 0.493 e. The van der Waals surface area contributed by atoms with E-state index in [0.29, 0.717) is 19.6 Å². The normalized spacial score (nSPS) is 9.84. The van der Waals surface area contributed by atoms with Crippen LogP contribution in [0.25, 0.3) is 0 Å². The topological polar surface area (TPSA) is 71.1 Å². The monoisotopic (exact) mass is 257 g/mol. The van der Waals surface area contributed by atoms with E-state index in [1.54, 1.807) is 6.20 Å². The van der Waals surface area contributed by atoms with Gasteiger partial charge < -0.3 is 14.5 Å². The van der Waals surface area contributed by atoms with Crippen molar-refractivity contribution < 1.29 is 9.15 Å². The van der Waals surface area contributed by atoms with Gasteiger partial charge in [0.05, 0.1) is 25.4 Å². The smallest absolute Gasteiger partial charge is 0.180 e. The number of nitrogens with one attached hydrogen (secondary N) is 1. The SMILES string of the molecule is N#CCCCOc1cccc(NCc2cnco2)c1. The van der Waals surface area contributed by atoms with E-state index in [-0.39, 0.29) is 0 Å². The summed E-state index contributed by atoms with van der Waals surface area (Å²) in [5.41, 5.74) is 0.953. The molecular weight excluding hydrogens is 242 g/mol. The molecule has 0 aliphatic rings. The maximum atomic E-state index is 8.44. The Labute approximate surface area is 111 Å². The van der Waals surface area contributed by atoms with Crippen LogP contribution in [-0.4, -0.2) is 11.6 Å². The van der Waals surface area contributed by atoms with Gasteiger partial charge in [-0.2, -0.15) is 5.26 Å². The summed E-state index contributed by atoms with van der Waals surface area (Å²) in [6.07, 6.45) is 4.34. The fraction of sp³-hybridized carbons (Fsp3) is 0.286. The van der Waals surface area contributed by atoms with E-state index in [4.69, 9.17) is 14.4 Å². The van der Waals surface area contributed by atoms with Gasteiger partial charge in [0.25, 0.3) is 0 Å². The third kappa shape index (κ3) is 4.36. The summed E-state index contributed by atoms with van der Waals surface area (Å²) in [5, 5.41) is 11.7. The van der Waals surface area contributed by atoms with Crippen molar-refractivity contribution in [3.8, 4) is 11.8 Å². The van der Waals surface area contributed by atoms with Gasteiger partial charge in [-0.3, -0.25) is 0 Å². The second-order valence-electron chi connectivity index (χ2n) is 3.96. The van der Waals surface area contributed by atoms with Crippen molar-refractivity contribution in [3.05, 3.63) is 42.6 Å². The number of hydrogen-bond acceptors (Lipinski definition) is 5. The molecule has 5 nitrogen and oxygen atoms in total. The molecule has 19 heavy (non-hydrogen) atoms. The number of aromatic nitrogens is 1. The third-order valence-electron chi connectivity index (χ3n) is 2.49. The first-order valence-corrected chi connectivity index (χ1v) is 6.09. The van der Waals surface area contributed by atoms with Crippen molar-refractivity contribution >= 4 is 5.69 Å². The van der Waals surface area contributed by atoms with Crippen molar-refractivity contribution in [2.24, 2.45) is 0 Å². The number of unbranched alkanes of at least 4 members (excludes halogenated alkanes) is 1. The van der Waals surface area contributed by atoms with Crippen molar-refractivity contribution in [1.82, 2.24) is 4.98 Å². The van der Waals surface area contributed by atoms with Crippen LogP contribution in [0.3, 0.4) is 0 Å². The molecule has 2 aromatic rings. The van der Waals surface area contributed by atoms with E-state index in [0.717, 1.165) is 23.6 Å². The molecule has 5 heteroatoms. The molecule has 0 saturated carbocycles. The van der Waals surface area contributed by atoms with Crippen LogP contribution in [0, 0.1) is 11.3 Å². The molecular formula is C14H15N3O2. The Bertz CT molecular complexity index is 532. The van der Waals surface area contributed by atoms with Gasteiger partial charge in [0.15, 0.2) is 6.39 Å². The molecule has 0 radical (unpaired) electrons. The molecule has 0 unspecified atom stereocenters. The molecule has 0 bridgehead atoms. The van der Waals surface area contributed by atoms with Crippen molar-refractivity contribution in [3.63, 3.8) is 0 Å². The minimum absolute atomic E-state index is 0.517. The van der Waals surface area contributed by atoms with Crippen LogP contribution >= 0.6 is 0 Å². The first-order chi connectivity index (χ1) is 9.38. The maximum absolute atomic E-state index is 8.44. The first kappa shape index (κ1) is 13.0. The Kier molecular flexibility index (Phi) is 4.82. The molecule has 0 spiro atoms. The summed E-state index contributed by atoms with van der Waals surface area (Å²) in [6.45, 7) is 1.14. The predicted molar refractivity (Wildman–Crippen MR) is 70.6 cm³/mol. The summed E-state index contributed by atoms with van der Waals surface area (Å²) < 4.78 is 10.7. The van der Waals surface area contributed by atoms with Gasteiger partial charge >= 0.3 is 0 Å². The molecule has 0 aliphatic carbocycles. The molecule has 0 amide bonds. The van der Waals surface area contributed by atoms with Gasteiger partial charge in [-0.25, -0.2) is 4.98 Å². The lowest BCUT2D eigenvalue weighted by Gasteiger charge is -2.08. The Morgan fingerprint density at radius 1 is 1.42 bits per heavy atom. The van der Waals surface area contributed by atoms with E-state index in [9.17, 15) is 0 Å². The highest BCUT2D eigenvalue weighted by Gasteiger charge is 1.99. The number of ether oxygens (including phenoxy) is 1. The number of oxazole rings is 1. The van der Waals surface area contributed by atoms with Crippen molar-refractivity contribution in [1.29, 1.82) is 5.26 Å². The number of nitriles is 1. The number of benzene rings is 1. The zero-order chi connectivity index (χ0) is 13.3. The zero-order valence-electron chi connectivity index (χ0n) is 10.5. The highest BCUT2D eigenvalue weighted by molar-refractivity contribution is 5.48. The predicted octanol–water partition coefficient (Wildman–Crippen LogP) is 2.97. The lowest BCUT2D eigenvalue weighted by Crippen LogP contribution is -2.00. The van der Waals surface area contributed by atoms with E-state index in [1.165, 1.54) is 6.39 Å². The Morgan fingerprint density at radius 3 is 3.16 bits per heavy atom. The van der Waals surface area contributed by atoms with Crippen LogP contribution in [0.4, 0.5) is 5.69 Å². The molecule has 98 valence electrons. The first-order valence-electron chi connectivity index (χ1n) is 6.09. The van der Waals surface area contributed by atoms with Crippen molar-refractivity contribution in [2.45, 2.75) is 19.4 Å². The number of rotatable bonds is 7. The third-order valence-corrected chi connectivity index (χ3v) is 2.49. The molecule has 1 N–H and O–H groups in total. The van der Waals surface area contributed by atoms with Crippen LogP contribution < -0.4 is 10.1 Å². The lowest BCUT2D eigenvalue weighted by atomic mass is 10.3. The van der Waals surface area contributed by atoms with Gasteiger partial charge in [0, 0.05) is 18.2 Å². The summed E-state index contributed by atoms with van der Waals surface area (Å²) >= 11 is 0. The number of hydrogen-bond donors (Lipinski definition) is 1. The zero-order valence-corrected chi connectivity index (χ0v) is 10.5. The molecule has 1 aromatic carbocycles. The molecule has 0 fully saturated rings. The Hall–Kier alpha value is -2.48. The van der Waals surface area contributed by atoms with Crippen LogP contribution in [0.2, 0.25) is 0 Å². The Morgan fingerprint density at radius 2 is 2.37 bits per heavy atom. The van der Waals surface area contributed by atoms with Gasteiger partial charge in [-0.05, 0) is 18.6 Å². The number of nitrogens with zero attached hydrogens (tertiary/aromatic N) is 2. The summed E-state index contributed by atoms with van der Waals surface area (Å²) in [5.74, 6) is 1.57. The quantitative estimate of drug-likeness (QED) is 0.772. The van der Waals surface area contributed by atoms with Gasteiger partial charge in [0.1, 0.15) is 11.5 Å². The van der Waals surface area contributed by atoms with E-state index >= 15 is 0 Å². The molecule has 0 aliphatic heterocycles. The van der Waals surface area contributed by atoms with Gasteiger partial charge in [-0.15, -0.1) is 0 Å². The minimum Gasteiger partial charge on any atom is -0.493 e. The lowest BCUT2D eigenvalue weighted by molar-refractivity contribution is 0.313. The summed E-state index contributed by atoms with van der Waals surface area (Å²) in [6, 6.07) is 9.78. The summed E-state index contributed by atoms with van der Waals surface area (Å²) in [7, 11) is 0. The maximum Gasteiger partial charge on any atom is 0.180 e. The fourth-order valence-corrected chi connectivity index (χ4v) is 1.56. The average Bonchev–Trinajstić information content (AvgIpc) is 2.95. The summed E-state index contributed by atoms with van der Waals surface area (Å²) in [4.78, 5) is 3.85. The number of anilines is 1. The average molecular weight is 257 g/mol. The van der Waals surface area contributed by atoms with Crippen LogP contribution in [0.1, 0.15) is 18.6 Å². The highest BCUT2D eigenvalue weighted by Crippen LogP contribution is 2.18. The van der Waals surface area contributed by atoms with Gasteiger partial charge in [0.2, 0.25) is 0 Å². The molecule has 0 saturated heterocycles. The minimum atomic E-state index is 0.517.